The summed E-state index contributed by atoms with van der Waals surface area (Å²) in [4.78, 5) is 37.6. The smallest absolute Gasteiger partial charge is 0.294 e. The average molecular weight is 405 g/mol. The number of anilines is 1. The minimum Gasteiger partial charge on any atom is -0.504 e. The van der Waals surface area contributed by atoms with Crippen LogP contribution < -0.4 is 5.32 Å². The Kier molecular flexibility index (Phi) is 5.38. The third kappa shape index (κ3) is 4.42. The Morgan fingerprint density at radius 1 is 1.11 bits per heavy atom. The zero-order chi connectivity index (χ0) is 19.6. The van der Waals surface area contributed by atoms with Crippen LogP contribution in [0.1, 0.15) is 5.56 Å². The van der Waals surface area contributed by atoms with E-state index in [2.05, 4.69) is 5.32 Å². The Morgan fingerprint density at radius 3 is 2.48 bits per heavy atom. The highest BCUT2D eigenvalue weighted by Gasteiger charge is 2.36. The minimum atomic E-state index is -0.608. The molecule has 0 atom stereocenters. The molecular formula is C18H13ClN2O5S. The molecule has 0 bridgehead atoms. The number of aromatic hydroxyl groups is 2. The fourth-order valence-electron chi connectivity index (χ4n) is 2.30. The maximum atomic E-state index is 12.4. The summed E-state index contributed by atoms with van der Waals surface area (Å²) in [6, 6.07) is 10.4. The van der Waals surface area contributed by atoms with Crippen LogP contribution in [0.3, 0.4) is 0 Å². The molecule has 3 amide bonds. The van der Waals surface area contributed by atoms with E-state index in [0.29, 0.717) is 28.0 Å². The van der Waals surface area contributed by atoms with Gasteiger partial charge in [0.15, 0.2) is 11.5 Å². The highest BCUT2D eigenvalue weighted by Crippen LogP contribution is 2.33. The molecule has 3 N–H and O–H groups in total. The number of thioether (sulfide) groups is 1. The Morgan fingerprint density at radius 2 is 1.81 bits per heavy atom. The predicted molar refractivity (Wildman–Crippen MR) is 103 cm³/mol. The molecule has 7 nitrogen and oxygen atoms in total. The van der Waals surface area contributed by atoms with Crippen molar-refractivity contribution in [2.45, 2.75) is 0 Å². The number of benzene rings is 2. The molecule has 27 heavy (non-hydrogen) atoms. The summed E-state index contributed by atoms with van der Waals surface area (Å²) in [5.74, 6) is -1.77. The molecule has 2 aromatic carbocycles. The maximum Gasteiger partial charge on any atom is 0.294 e. The highest BCUT2D eigenvalue weighted by atomic mass is 35.5. The molecule has 0 aliphatic carbocycles. The van der Waals surface area contributed by atoms with Gasteiger partial charge in [0, 0.05) is 10.7 Å². The molecule has 1 aliphatic heterocycles. The monoisotopic (exact) mass is 404 g/mol. The van der Waals surface area contributed by atoms with Gasteiger partial charge < -0.3 is 15.5 Å². The van der Waals surface area contributed by atoms with Gasteiger partial charge in [-0.2, -0.15) is 0 Å². The number of imide groups is 1. The van der Waals surface area contributed by atoms with Gasteiger partial charge in [0.05, 0.1) is 4.91 Å². The number of nitrogens with zero attached hydrogens (tertiary/aromatic N) is 1. The Labute approximate surface area is 163 Å². The van der Waals surface area contributed by atoms with Crippen molar-refractivity contribution in [1.82, 2.24) is 4.90 Å². The molecule has 9 heteroatoms. The first-order valence-corrected chi connectivity index (χ1v) is 8.86. The van der Waals surface area contributed by atoms with Crippen molar-refractivity contribution >= 4 is 52.2 Å². The zero-order valence-electron chi connectivity index (χ0n) is 13.7. The molecule has 2 aromatic rings. The molecule has 1 saturated heterocycles. The lowest BCUT2D eigenvalue weighted by molar-refractivity contribution is -0.127. The van der Waals surface area contributed by atoms with Gasteiger partial charge in [-0.05, 0) is 59.8 Å². The first-order chi connectivity index (χ1) is 12.8. The third-order valence-electron chi connectivity index (χ3n) is 3.60. The number of nitrogens with one attached hydrogen (secondary N) is 1. The molecule has 1 aliphatic rings. The lowest BCUT2D eigenvalue weighted by Gasteiger charge is -2.12. The van der Waals surface area contributed by atoms with E-state index >= 15 is 0 Å². The van der Waals surface area contributed by atoms with Crippen LogP contribution in [0.4, 0.5) is 10.5 Å². The predicted octanol–water partition coefficient (Wildman–Crippen LogP) is 3.43. The number of carbonyl (C=O) groups is 3. The second-order valence-electron chi connectivity index (χ2n) is 5.57. The van der Waals surface area contributed by atoms with Gasteiger partial charge >= 0.3 is 0 Å². The maximum absolute atomic E-state index is 12.4. The fourth-order valence-corrected chi connectivity index (χ4v) is 3.26. The molecule has 0 unspecified atom stereocenters. The summed E-state index contributed by atoms with van der Waals surface area (Å²) in [6.07, 6.45) is 1.40. The van der Waals surface area contributed by atoms with Crippen LogP contribution in [0.25, 0.3) is 6.08 Å². The van der Waals surface area contributed by atoms with Crippen molar-refractivity contribution in [3.05, 3.63) is 58.0 Å². The summed E-state index contributed by atoms with van der Waals surface area (Å²) in [5.41, 5.74) is 0.924. The molecule has 0 aromatic heterocycles. The normalized spacial score (nSPS) is 15.4. The van der Waals surface area contributed by atoms with Gasteiger partial charge in [0.25, 0.3) is 11.1 Å². The Bertz CT molecular complexity index is 959. The molecule has 138 valence electrons. The van der Waals surface area contributed by atoms with Crippen molar-refractivity contribution in [2.75, 3.05) is 11.9 Å². The molecule has 1 fully saturated rings. The van der Waals surface area contributed by atoms with Gasteiger partial charge in [-0.1, -0.05) is 17.7 Å². The van der Waals surface area contributed by atoms with Crippen LogP contribution in [0.15, 0.2) is 47.4 Å². The number of phenolic OH excluding ortho intramolecular Hbond substituents is 2. The number of halogens is 1. The second-order valence-corrected chi connectivity index (χ2v) is 7.00. The van der Waals surface area contributed by atoms with Crippen LogP contribution in [-0.4, -0.2) is 38.7 Å². The van der Waals surface area contributed by atoms with Crippen molar-refractivity contribution in [1.29, 1.82) is 0 Å². The van der Waals surface area contributed by atoms with Gasteiger partial charge in [0.1, 0.15) is 6.54 Å². The number of hydrogen-bond donors (Lipinski definition) is 3. The minimum absolute atomic E-state index is 0.115. The number of rotatable bonds is 4. The van der Waals surface area contributed by atoms with E-state index < -0.39 is 23.6 Å². The fraction of sp³-hybridized carbons (Fsp3) is 0.0556. The average Bonchev–Trinajstić information content (AvgIpc) is 2.87. The van der Waals surface area contributed by atoms with E-state index in [1.54, 1.807) is 24.3 Å². The summed E-state index contributed by atoms with van der Waals surface area (Å²) in [7, 11) is 0. The van der Waals surface area contributed by atoms with Crippen LogP contribution in [0.5, 0.6) is 11.5 Å². The largest absolute Gasteiger partial charge is 0.504 e. The van der Waals surface area contributed by atoms with Crippen LogP contribution in [0, 0.1) is 0 Å². The standard InChI is InChI=1S/C18H13ClN2O5S/c19-11-2-4-12(5-3-11)20-16(24)9-21-17(25)15(27-18(21)26)8-10-1-6-13(22)14(23)7-10/h1-8,22-23H,9H2,(H,20,24)/b15-8+. The van der Waals surface area contributed by atoms with Crippen molar-refractivity contribution in [2.24, 2.45) is 0 Å². The van der Waals surface area contributed by atoms with Gasteiger partial charge in [-0.25, -0.2) is 0 Å². The third-order valence-corrected chi connectivity index (χ3v) is 4.76. The quantitative estimate of drug-likeness (QED) is 0.532. The number of carbonyl (C=O) groups excluding carboxylic acids is 3. The number of amides is 3. The van der Waals surface area contributed by atoms with E-state index in [4.69, 9.17) is 11.6 Å². The summed E-state index contributed by atoms with van der Waals surface area (Å²) >= 11 is 6.47. The second kappa shape index (κ2) is 7.73. The molecule has 1 heterocycles. The molecule has 0 radical (unpaired) electrons. The lowest BCUT2D eigenvalue weighted by Crippen LogP contribution is -2.36. The molecule has 3 rings (SSSR count). The first kappa shape index (κ1) is 18.8. The molecule has 0 spiro atoms. The van der Waals surface area contributed by atoms with E-state index in [1.165, 1.54) is 24.3 Å². The highest BCUT2D eigenvalue weighted by molar-refractivity contribution is 8.18. The topological polar surface area (TPSA) is 107 Å². The Balaban J connectivity index is 1.70. The Hall–Kier alpha value is -2.97. The number of phenols is 2. The van der Waals surface area contributed by atoms with Gasteiger partial charge in [-0.3, -0.25) is 19.3 Å². The van der Waals surface area contributed by atoms with E-state index in [0.717, 1.165) is 4.90 Å². The van der Waals surface area contributed by atoms with Crippen LogP contribution in [0.2, 0.25) is 5.02 Å². The van der Waals surface area contributed by atoms with Gasteiger partial charge in [0.2, 0.25) is 5.91 Å². The summed E-state index contributed by atoms with van der Waals surface area (Å²) < 4.78 is 0. The van der Waals surface area contributed by atoms with Crippen molar-refractivity contribution in [3.8, 4) is 11.5 Å². The SMILES string of the molecule is O=C(CN1C(=O)S/C(=C/c2ccc(O)c(O)c2)C1=O)Nc1ccc(Cl)cc1. The van der Waals surface area contributed by atoms with E-state index in [-0.39, 0.29) is 16.4 Å². The van der Waals surface area contributed by atoms with E-state index in [9.17, 15) is 24.6 Å². The summed E-state index contributed by atoms with van der Waals surface area (Å²) in [5, 5.41) is 21.4. The molecule has 0 saturated carbocycles. The van der Waals surface area contributed by atoms with E-state index in [1.807, 2.05) is 0 Å². The van der Waals surface area contributed by atoms with Crippen molar-refractivity contribution in [3.63, 3.8) is 0 Å². The van der Waals surface area contributed by atoms with Crippen LogP contribution in [-0.2, 0) is 9.59 Å². The molecular weight excluding hydrogens is 392 g/mol. The zero-order valence-corrected chi connectivity index (χ0v) is 15.3. The lowest BCUT2D eigenvalue weighted by atomic mass is 10.2. The van der Waals surface area contributed by atoms with Crippen molar-refractivity contribution < 1.29 is 24.6 Å². The summed E-state index contributed by atoms with van der Waals surface area (Å²) in [6.45, 7) is -0.425. The van der Waals surface area contributed by atoms with Crippen LogP contribution >= 0.6 is 23.4 Å². The first-order valence-electron chi connectivity index (χ1n) is 7.66. The van der Waals surface area contributed by atoms with Gasteiger partial charge in [-0.15, -0.1) is 0 Å². The number of hydrogen-bond acceptors (Lipinski definition) is 6.